The molecule has 7 heteroatoms. The first kappa shape index (κ1) is 17.4. The lowest BCUT2D eigenvalue weighted by Gasteiger charge is -2.12. The van der Waals surface area contributed by atoms with Crippen molar-refractivity contribution in [3.05, 3.63) is 42.4 Å². The molecule has 0 aliphatic rings. The van der Waals surface area contributed by atoms with Gasteiger partial charge in [-0.2, -0.15) is 0 Å². The van der Waals surface area contributed by atoms with Gasteiger partial charge < -0.3 is 16.0 Å². The standard InChI is InChI=1S/C17H21N5O2/c1-4-11(2)20-16-9-15(18-10-19-16)17(24)22-14-7-5-6-13(8-14)21-12(3)23/h5-11H,4H2,1-3H3,(H,21,23)(H,22,24)(H,18,19,20). The topological polar surface area (TPSA) is 96.0 Å². The Kier molecular flexibility index (Phi) is 5.83. The van der Waals surface area contributed by atoms with Crippen LogP contribution in [0, 0.1) is 0 Å². The first-order valence-corrected chi connectivity index (χ1v) is 7.75. The van der Waals surface area contributed by atoms with Gasteiger partial charge in [0.05, 0.1) is 0 Å². The average molecular weight is 327 g/mol. The second kappa shape index (κ2) is 8.05. The molecule has 0 bridgehead atoms. The smallest absolute Gasteiger partial charge is 0.274 e. The molecule has 2 amide bonds. The van der Waals surface area contributed by atoms with Crippen molar-refractivity contribution in [2.24, 2.45) is 0 Å². The number of anilines is 3. The van der Waals surface area contributed by atoms with E-state index in [1.807, 2.05) is 6.92 Å². The van der Waals surface area contributed by atoms with Gasteiger partial charge in [-0.3, -0.25) is 9.59 Å². The molecule has 2 rings (SSSR count). The lowest BCUT2D eigenvalue weighted by Crippen LogP contribution is -2.17. The molecule has 1 aromatic heterocycles. The molecule has 3 N–H and O–H groups in total. The van der Waals surface area contributed by atoms with Gasteiger partial charge in [0.25, 0.3) is 5.91 Å². The molecule has 0 saturated carbocycles. The highest BCUT2D eigenvalue weighted by Crippen LogP contribution is 2.16. The lowest BCUT2D eigenvalue weighted by atomic mass is 10.2. The van der Waals surface area contributed by atoms with Crippen molar-refractivity contribution >= 4 is 29.0 Å². The fourth-order valence-electron chi connectivity index (χ4n) is 1.99. The van der Waals surface area contributed by atoms with Gasteiger partial charge in [-0.15, -0.1) is 0 Å². The number of hydrogen-bond acceptors (Lipinski definition) is 5. The zero-order valence-electron chi connectivity index (χ0n) is 14.0. The number of nitrogens with zero attached hydrogens (tertiary/aromatic N) is 2. The van der Waals surface area contributed by atoms with Gasteiger partial charge in [0.2, 0.25) is 5.91 Å². The van der Waals surface area contributed by atoms with Crippen molar-refractivity contribution in [2.75, 3.05) is 16.0 Å². The summed E-state index contributed by atoms with van der Waals surface area (Å²) in [6.07, 6.45) is 2.30. The monoisotopic (exact) mass is 327 g/mol. The first-order chi connectivity index (χ1) is 11.5. The van der Waals surface area contributed by atoms with Gasteiger partial charge in [-0.1, -0.05) is 13.0 Å². The van der Waals surface area contributed by atoms with Crippen molar-refractivity contribution in [3.63, 3.8) is 0 Å². The van der Waals surface area contributed by atoms with Gasteiger partial charge in [-0.05, 0) is 31.5 Å². The van der Waals surface area contributed by atoms with E-state index in [0.717, 1.165) is 6.42 Å². The minimum Gasteiger partial charge on any atom is -0.368 e. The Balaban J connectivity index is 2.09. The number of nitrogens with one attached hydrogen (secondary N) is 3. The quantitative estimate of drug-likeness (QED) is 0.758. The van der Waals surface area contributed by atoms with Crippen molar-refractivity contribution in [2.45, 2.75) is 33.2 Å². The van der Waals surface area contributed by atoms with Crippen molar-refractivity contribution in [1.29, 1.82) is 0 Å². The summed E-state index contributed by atoms with van der Waals surface area (Å²) in [6, 6.07) is 8.78. The summed E-state index contributed by atoms with van der Waals surface area (Å²) in [5.74, 6) is 0.0936. The minimum absolute atomic E-state index is 0.171. The molecule has 1 unspecified atom stereocenters. The van der Waals surface area contributed by atoms with Crippen LogP contribution >= 0.6 is 0 Å². The molecule has 0 aliphatic carbocycles. The predicted molar refractivity (Wildman–Crippen MR) is 94.1 cm³/mol. The molecule has 0 aliphatic heterocycles. The highest BCUT2D eigenvalue weighted by atomic mass is 16.2. The van der Waals surface area contributed by atoms with E-state index in [-0.39, 0.29) is 23.6 Å². The molecule has 24 heavy (non-hydrogen) atoms. The Morgan fingerprint density at radius 3 is 2.50 bits per heavy atom. The molecule has 1 aromatic carbocycles. The van der Waals surface area contributed by atoms with Crippen LogP contribution in [0.15, 0.2) is 36.7 Å². The van der Waals surface area contributed by atoms with Crippen LogP contribution in [-0.2, 0) is 4.79 Å². The first-order valence-electron chi connectivity index (χ1n) is 7.75. The molecule has 0 radical (unpaired) electrons. The summed E-state index contributed by atoms with van der Waals surface area (Å²) in [4.78, 5) is 31.6. The number of benzene rings is 1. The summed E-state index contributed by atoms with van der Waals surface area (Å²) >= 11 is 0. The van der Waals surface area contributed by atoms with Gasteiger partial charge in [0, 0.05) is 30.4 Å². The number of carbonyl (C=O) groups is 2. The number of rotatable bonds is 6. The Morgan fingerprint density at radius 2 is 1.83 bits per heavy atom. The fourth-order valence-corrected chi connectivity index (χ4v) is 1.99. The third-order valence-electron chi connectivity index (χ3n) is 3.35. The van der Waals surface area contributed by atoms with Crippen molar-refractivity contribution < 1.29 is 9.59 Å². The van der Waals surface area contributed by atoms with Gasteiger partial charge in [0.15, 0.2) is 0 Å². The van der Waals surface area contributed by atoms with E-state index in [9.17, 15) is 9.59 Å². The maximum atomic E-state index is 12.3. The van der Waals surface area contributed by atoms with E-state index in [0.29, 0.717) is 17.2 Å². The zero-order valence-corrected chi connectivity index (χ0v) is 14.0. The van der Waals surface area contributed by atoms with E-state index in [2.05, 4.69) is 32.8 Å². The van der Waals surface area contributed by atoms with Crippen LogP contribution in [0.25, 0.3) is 0 Å². The Morgan fingerprint density at radius 1 is 1.12 bits per heavy atom. The lowest BCUT2D eigenvalue weighted by molar-refractivity contribution is -0.114. The molecule has 2 aromatic rings. The van der Waals surface area contributed by atoms with E-state index >= 15 is 0 Å². The van der Waals surface area contributed by atoms with Gasteiger partial charge >= 0.3 is 0 Å². The summed E-state index contributed by atoms with van der Waals surface area (Å²) in [5.41, 5.74) is 1.45. The maximum Gasteiger partial charge on any atom is 0.274 e. The van der Waals surface area contributed by atoms with Crippen LogP contribution in [0.5, 0.6) is 0 Å². The highest BCUT2D eigenvalue weighted by molar-refractivity contribution is 6.03. The third-order valence-corrected chi connectivity index (χ3v) is 3.35. The number of hydrogen-bond donors (Lipinski definition) is 3. The predicted octanol–water partition coefficient (Wildman–Crippen LogP) is 2.90. The van der Waals surface area contributed by atoms with Gasteiger partial charge in [0.1, 0.15) is 17.8 Å². The molecular weight excluding hydrogens is 306 g/mol. The highest BCUT2D eigenvalue weighted by Gasteiger charge is 2.10. The molecule has 126 valence electrons. The van der Waals surface area contributed by atoms with E-state index in [1.54, 1.807) is 30.3 Å². The summed E-state index contributed by atoms with van der Waals surface area (Å²) in [6.45, 7) is 5.53. The fraction of sp³-hybridized carbons (Fsp3) is 0.294. The zero-order chi connectivity index (χ0) is 17.5. The van der Waals surface area contributed by atoms with Gasteiger partial charge in [-0.25, -0.2) is 9.97 Å². The molecular formula is C17H21N5O2. The Hall–Kier alpha value is -2.96. The number of aromatic nitrogens is 2. The molecule has 1 atom stereocenters. The number of carbonyl (C=O) groups excluding carboxylic acids is 2. The second-order valence-electron chi connectivity index (χ2n) is 5.46. The number of amides is 2. The van der Waals surface area contributed by atoms with Crippen LogP contribution < -0.4 is 16.0 Å². The van der Waals surface area contributed by atoms with E-state index in [1.165, 1.54) is 13.3 Å². The molecule has 0 saturated heterocycles. The van der Waals surface area contributed by atoms with E-state index in [4.69, 9.17) is 0 Å². The second-order valence-corrected chi connectivity index (χ2v) is 5.46. The Bertz CT molecular complexity index is 732. The molecule has 0 spiro atoms. The Labute approximate surface area is 140 Å². The molecule has 0 fully saturated rings. The molecule has 1 heterocycles. The van der Waals surface area contributed by atoms with Crippen LogP contribution in [0.4, 0.5) is 17.2 Å². The normalized spacial score (nSPS) is 11.5. The van der Waals surface area contributed by atoms with Crippen LogP contribution in [0.3, 0.4) is 0 Å². The maximum absolute atomic E-state index is 12.3. The third kappa shape index (κ3) is 5.05. The van der Waals surface area contributed by atoms with E-state index < -0.39 is 0 Å². The van der Waals surface area contributed by atoms with Crippen molar-refractivity contribution in [3.8, 4) is 0 Å². The summed E-state index contributed by atoms with van der Waals surface area (Å²) in [5, 5.41) is 8.63. The summed E-state index contributed by atoms with van der Waals surface area (Å²) in [7, 11) is 0. The largest absolute Gasteiger partial charge is 0.368 e. The van der Waals surface area contributed by atoms with Crippen LogP contribution in [0.2, 0.25) is 0 Å². The van der Waals surface area contributed by atoms with Crippen LogP contribution in [-0.4, -0.2) is 27.8 Å². The average Bonchev–Trinajstić information content (AvgIpc) is 2.54. The summed E-state index contributed by atoms with van der Waals surface area (Å²) < 4.78 is 0. The van der Waals surface area contributed by atoms with Crippen molar-refractivity contribution in [1.82, 2.24) is 9.97 Å². The minimum atomic E-state index is -0.343. The van der Waals surface area contributed by atoms with Crippen LogP contribution in [0.1, 0.15) is 37.7 Å². The molecule has 7 nitrogen and oxygen atoms in total. The SMILES string of the molecule is CCC(C)Nc1cc(C(=O)Nc2cccc(NC(C)=O)c2)ncn1.